The zero-order valence-corrected chi connectivity index (χ0v) is 12.8. The van der Waals surface area contributed by atoms with Gasteiger partial charge in [0.15, 0.2) is 0 Å². The lowest BCUT2D eigenvalue weighted by Crippen LogP contribution is -2.47. The highest BCUT2D eigenvalue weighted by molar-refractivity contribution is 5.84. The van der Waals surface area contributed by atoms with Crippen molar-refractivity contribution in [3.63, 3.8) is 0 Å². The SMILES string of the molecule is COc1ccc(C[C@H](NC(=O)OC(C)(C)C)C(N)=O)cc1. The van der Waals surface area contributed by atoms with Gasteiger partial charge in [0.2, 0.25) is 5.91 Å². The lowest BCUT2D eigenvalue weighted by molar-refractivity contribution is -0.120. The third-order valence-electron chi connectivity index (χ3n) is 2.63. The van der Waals surface area contributed by atoms with Gasteiger partial charge in [-0.2, -0.15) is 0 Å². The number of ether oxygens (including phenoxy) is 2. The van der Waals surface area contributed by atoms with Crippen LogP contribution in [0.5, 0.6) is 5.75 Å². The minimum absolute atomic E-state index is 0.290. The third kappa shape index (κ3) is 6.16. The fraction of sp³-hybridized carbons (Fsp3) is 0.467. The van der Waals surface area contributed by atoms with Crippen molar-refractivity contribution in [1.29, 1.82) is 0 Å². The number of rotatable bonds is 5. The number of alkyl carbamates (subject to hydrolysis) is 1. The van der Waals surface area contributed by atoms with E-state index in [9.17, 15) is 9.59 Å². The first kappa shape index (κ1) is 16.8. The summed E-state index contributed by atoms with van der Waals surface area (Å²) in [5.74, 6) is 0.103. The van der Waals surface area contributed by atoms with Crippen LogP contribution in [0.2, 0.25) is 0 Å². The minimum atomic E-state index is -0.826. The van der Waals surface area contributed by atoms with Crippen molar-refractivity contribution in [3.8, 4) is 5.75 Å². The first-order valence-corrected chi connectivity index (χ1v) is 6.63. The normalized spacial score (nSPS) is 12.4. The number of hydrogen-bond acceptors (Lipinski definition) is 4. The van der Waals surface area contributed by atoms with Crippen LogP contribution in [-0.4, -0.2) is 30.8 Å². The smallest absolute Gasteiger partial charge is 0.408 e. The van der Waals surface area contributed by atoms with E-state index in [2.05, 4.69) is 5.32 Å². The molecular weight excluding hydrogens is 272 g/mol. The second-order valence-corrected chi connectivity index (χ2v) is 5.65. The van der Waals surface area contributed by atoms with Crippen LogP contribution in [0, 0.1) is 0 Å². The number of nitrogens with one attached hydrogen (secondary N) is 1. The van der Waals surface area contributed by atoms with Crippen LogP contribution in [0.3, 0.4) is 0 Å². The molecule has 0 radical (unpaired) electrons. The summed E-state index contributed by atoms with van der Waals surface area (Å²) in [6.45, 7) is 5.24. The van der Waals surface area contributed by atoms with Gasteiger partial charge in [-0.1, -0.05) is 12.1 Å². The highest BCUT2D eigenvalue weighted by Crippen LogP contribution is 2.13. The van der Waals surface area contributed by atoms with Crippen molar-refractivity contribution in [1.82, 2.24) is 5.32 Å². The number of carbonyl (C=O) groups excluding carboxylic acids is 2. The van der Waals surface area contributed by atoms with E-state index in [0.29, 0.717) is 6.42 Å². The number of carbonyl (C=O) groups is 2. The molecule has 3 N–H and O–H groups in total. The molecule has 6 heteroatoms. The van der Waals surface area contributed by atoms with Gasteiger partial charge in [-0.05, 0) is 38.5 Å². The fourth-order valence-electron chi connectivity index (χ4n) is 1.67. The maximum absolute atomic E-state index is 11.7. The largest absolute Gasteiger partial charge is 0.497 e. The van der Waals surface area contributed by atoms with Gasteiger partial charge in [0.25, 0.3) is 0 Å². The summed E-state index contributed by atoms with van der Waals surface area (Å²) in [4.78, 5) is 23.2. The van der Waals surface area contributed by atoms with E-state index in [1.807, 2.05) is 12.1 Å². The molecule has 2 amide bonds. The van der Waals surface area contributed by atoms with E-state index in [1.165, 1.54) is 0 Å². The zero-order chi connectivity index (χ0) is 16.0. The number of benzene rings is 1. The van der Waals surface area contributed by atoms with Crippen molar-refractivity contribution in [2.24, 2.45) is 5.73 Å². The molecule has 0 saturated carbocycles. The van der Waals surface area contributed by atoms with Crippen molar-refractivity contribution in [3.05, 3.63) is 29.8 Å². The molecule has 1 aromatic carbocycles. The van der Waals surface area contributed by atoms with Crippen molar-refractivity contribution in [2.45, 2.75) is 38.8 Å². The Morgan fingerprint density at radius 1 is 1.24 bits per heavy atom. The molecule has 0 aliphatic heterocycles. The molecule has 1 rings (SSSR count). The van der Waals surface area contributed by atoms with Gasteiger partial charge in [-0.15, -0.1) is 0 Å². The van der Waals surface area contributed by atoms with Crippen molar-refractivity contribution in [2.75, 3.05) is 7.11 Å². The molecule has 0 saturated heterocycles. The molecule has 0 heterocycles. The molecule has 0 fully saturated rings. The Kier molecular flexibility index (Phi) is 5.58. The summed E-state index contributed by atoms with van der Waals surface area (Å²) in [6, 6.07) is 6.35. The van der Waals surface area contributed by atoms with Crippen LogP contribution in [0.15, 0.2) is 24.3 Å². The van der Waals surface area contributed by atoms with Gasteiger partial charge in [0.1, 0.15) is 17.4 Å². The molecule has 0 spiro atoms. The van der Waals surface area contributed by atoms with Crippen LogP contribution >= 0.6 is 0 Å². The van der Waals surface area contributed by atoms with Crippen LogP contribution in [0.25, 0.3) is 0 Å². The van der Waals surface area contributed by atoms with Gasteiger partial charge in [-0.3, -0.25) is 4.79 Å². The number of hydrogen-bond donors (Lipinski definition) is 2. The van der Waals surface area contributed by atoms with E-state index in [-0.39, 0.29) is 0 Å². The number of amides is 2. The van der Waals surface area contributed by atoms with E-state index in [4.69, 9.17) is 15.2 Å². The summed E-state index contributed by atoms with van der Waals surface area (Å²) >= 11 is 0. The van der Waals surface area contributed by atoms with Gasteiger partial charge < -0.3 is 20.5 Å². The lowest BCUT2D eigenvalue weighted by Gasteiger charge is -2.22. The fourth-order valence-corrected chi connectivity index (χ4v) is 1.67. The Balaban J connectivity index is 2.69. The first-order chi connectivity index (χ1) is 9.71. The second-order valence-electron chi connectivity index (χ2n) is 5.65. The van der Waals surface area contributed by atoms with Gasteiger partial charge in [-0.25, -0.2) is 4.79 Å². The molecule has 21 heavy (non-hydrogen) atoms. The summed E-state index contributed by atoms with van der Waals surface area (Å²) in [7, 11) is 1.57. The Morgan fingerprint density at radius 3 is 2.24 bits per heavy atom. The average Bonchev–Trinajstić information content (AvgIpc) is 2.36. The van der Waals surface area contributed by atoms with Crippen LogP contribution in [0.1, 0.15) is 26.3 Å². The first-order valence-electron chi connectivity index (χ1n) is 6.63. The lowest BCUT2D eigenvalue weighted by atomic mass is 10.1. The molecule has 1 atom stereocenters. The van der Waals surface area contributed by atoms with Crippen LogP contribution < -0.4 is 15.8 Å². The monoisotopic (exact) mass is 294 g/mol. The van der Waals surface area contributed by atoms with Crippen LogP contribution in [-0.2, 0) is 16.0 Å². The Hall–Kier alpha value is -2.24. The highest BCUT2D eigenvalue weighted by atomic mass is 16.6. The molecule has 0 bridgehead atoms. The second kappa shape index (κ2) is 6.97. The summed E-state index contributed by atoms with van der Waals surface area (Å²) < 4.78 is 10.2. The predicted octanol–water partition coefficient (Wildman–Crippen LogP) is 1.62. The topological polar surface area (TPSA) is 90.7 Å². The van der Waals surface area contributed by atoms with Crippen LogP contribution in [0.4, 0.5) is 4.79 Å². The van der Waals surface area contributed by atoms with Gasteiger partial charge >= 0.3 is 6.09 Å². The van der Waals surface area contributed by atoms with E-state index >= 15 is 0 Å². The summed E-state index contributed by atoms with van der Waals surface area (Å²) in [5, 5.41) is 2.48. The van der Waals surface area contributed by atoms with E-state index in [1.54, 1.807) is 40.0 Å². The Bertz CT molecular complexity index is 491. The molecular formula is C15H22N2O4. The molecule has 1 aromatic rings. The Labute approximate surface area is 124 Å². The van der Waals surface area contributed by atoms with Crippen molar-refractivity contribution < 1.29 is 19.1 Å². The summed E-state index contributed by atoms with van der Waals surface area (Å²) in [5.41, 5.74) is 5.54. The Morgan fingerprint density at radius 2 is 1.81 bits per heavy atom. The zero-order valence-electron chi connectivity index (χ0n) is 12.8. The molecule has 0 aliphatic carbocycles. The minimum Gasteiger partial charge on any atom is -0.497 e. The highest BCUT2D eigenvalue weighted by Gasteiger charge is 2.22. The summed E-state index contributed by atoms with van der Waals surface area (Å²) in [6.07, 6.45) is -0.377. The van der Waals surface area contributed by atoms with Gasteiger partial charge in [0.05, 0.1) is 7.11 Å². The molecule has 0 unspecified atom stereocenters. The van der Waals surface area contributed by atoms with E-state index in [0.717, 1.165) is 11.3 Å². The molecule has 116 valence electrons. The molecule has 0 aromatic heterocycles. The molecule has 0 aliphatic rings. The van der Waals surface area contributed by atoms with Crippen molar-refractivity contribution >= 4 is 12.0 Å². The quantitative estimate of drug-likeness (QED) is 0.863. The van der Waals surface area contributed by atoms with E-state index < -0.39 is 23.6 Å². The number of methoxy groups -OCH3 is 1. The van der Waals surface area contributed by atoms with Gasteiger partial charge in [0, 0.05) is 6.42 Å². The maximum Gasteiger partial charge on any atom is 0.408 e. The number of nitrogens with two attached hydrogens (primary N) is 1. The predicted molar refractivity (Wildman–Crippen MR) is 79.1 cm³/mol. The average molecular weight is 294 g/mol. The standard InChI is InChI=1S/C15H22N2O4/c1-15(2,3)21-14(19)17-12(13(16)18)9-10-5-7-11(20-4)8-6-10/h5-8,12H,9H2,1-4H3,(H2,16,18)(H,17,19)/t12-/m0/s1. The number of primary amides is 1. The maximum atomic E-state index is 11.7. The third-order valence-corrected chi connectivity index (χ3v) is 2.63. The molecule has 6 nitrogen and oxygen atoms in total.